The van der Waals surface area contributed by atoms with Crippen LogP contribution in [0.1, 0.15) is 10.4 Å². The van der Waals surface area contributed by atoms with Gasteiger partial charge < -0.3 is 34.6 Å². The van der Waals surface area contributed by atoms with Crippen molar-refractivity contribution in [2.24, 2.45) is 0 Å². The Balaban J connectivity index is 1.31. The van der Waals surface area contributed by atoms with E-state index in [1.54, 1.807) is 17.0 Å². The number of nitrogens with one attached hydrogen (secondary N) is 1. The number of hydrogen-bond donors (Lipinski definition) is 3. The van der Waals surface area contributed by atoms with Gasteiger partial charge in [-0.05, 0) is 18.2 Å². The molecule has 0 atom stereocenters. The van der Waals surface area contributed by atoms with E-state index in [0.29, 0.717) is 54.7 Å². The van der Waals surface area contributed by atoms with Crippen LogP contribution in [0.25, 0.3) is 0 Å². The Morgan fingerprint density at radius 2 is 1.74 bits per heavy atom. The number of aromatic hydroxyl groups is 2. The Kier molecular flexibility index (Phi) is 5.72. The molecule has 1 saturated heterocycles. The Morgan fingerprint density at radius 3 is 2.42 bits per heavy atom. The van der Waals surface area contributed by atoms with Crippen LogP contribution in [-0.4, -0.2) is 78.5 Å². The lowest BCUT2D eigenvalue weighted by Crippen LogP contribution is -2.50. The molecule has 0 aliphatic carbocycles. The number of nitrogens with zero attached hydrogens (tertiary/aromatic N) is 2. The zero-order chi connectivity index (χ0) is 22.0. The molecule has 2 aromatic rings. The van der Waals surface area contributed by atoms with Crippen LogP contribution in [0.3, 0.4) is 0 Å². The first kappa shape index (κ1) is 20.6. The highest BCUT2D eigenvalue weighted by Gasteiger charge is 2.25. The third-order valence-electron chi connectivity index (χ3n) is 5.22. The maximum Gasteiger partial charge on any atom is 0.254 e. The number of carbonyl (C=O) groups is 2. The SMILES string of the molecule is COc1cc2c(cc1NC(=O)CN1CCN(C(=O)c3ccc(O)c(O)c3)CC1)OCO2. The van der Waals surface area contributed by atoms with Crippen molar-refractivity contribution in [3.63, 3.8) is 0 Å². The summed E-state index contributed by atoms with van der Waals surface area (Å²) in [5.41, 5.74) is 0.800. The van der Waals surface area contributed by atoms with Gasteiger partial charge in [-0.3, -0.25) is 14.5 Å². The van der Waals surface area contributed by atoms with Gasteiger partial charge in [0.2, 0.25) is 12.7 Å². The monoisotopic (exact) mass is 429 g/mol. The molecule has 2 aromatic carbocycles. The van der Waals surface area contributed by atoms with Crippen molar-refractivity contribution in [1.29, 1.82) is 0 Å². The first-order valence-electron chi connectivity index (χ1n) is 9.75. The highest BCUT2D eigenvalue weighted by molar-refractivity contribution is 5.95. The zero-order valence-corrected chi connectivity index (χ0v) is 17.0. The molecule has 2 aliphatic heterocycles. The Hall–Kier alpha value is -3.66. The predicted octanol–water partition coefficient (Wildman–Crippen LogP) is 1.23. The second kappa shape index (κ2) is 8.60. The quantitative estimate of drug-likeness (QED) is 0.607. The normalized spacial score (nSPS) is 15.6. The minimum atomic E-state index is -0.333. The molecule has 0 bridgehead atoms. The molecule has 4 rings (SSSR count). The summed E-state index contributed by atoms with van der Waals surface area (Å²) in [6.07, 6.45) is 0. The Bertz CT molecular complexity index is 1000. The summed E-state index contributed by atoms with van der Waals surface area (Å²) in [6.45, 7) is 2.24. The van der Waals surface area contributed by atoms with Gasteiger partial charge in [-0.2, -0.15) is 0 Å². The van der Waals surface area contributed by atoms with Crippen molar-refractivity contribution in [2.45, 2.75) is 0 Å². The number of phenols is 2. The van der Waals surface area contributed by atoms with Crippen molar-refractivity contribution in [3.05, 3.63) is 35.9 Å². The molecule has 10 nitrogen and oxygen atoms in total. The molecule has 2 heterocycles. The number of fused-ring (bicyclic) bond motifs is 1. The van der Waals surface area contributed by atoms with Crippen LogP contribution >= 0.6 is 0 Å². The maximum absolute atomic E-state index is 12.6. The third kappa shape index (κ3) is 4.43. The Morgan fingerprint density at radius 1 is 1.03 bits per heavy atom. The number of ether oxygens (including phenoxy) is 3. The van der Waals surface area contributed by atoms with Crippen LogP contribution in [0.5, 0.6) is 28.7 Å². The van der Waals surface area contributed by atoms with Gasteiger partial charge in [-0.1, -0.05) is 0 Å². The molecular formula is C21H23N3O7. The minimum Gasteiger partial charge on any atom is -0.504 e. The van der Waals surface area contributed by atoms with Crippen LogP contribution in [0.4, 0.5) is 5.69 Å². The van der Waals surface area contributed by atoms with Crippen LogP contribution in [0.2, 0.25) is 0 Å². The molecule has 2 aliphatic rings. The maximum atomic E-state index is 12.6. The molecule has 3 N–H and O–H groups in total. The predicted molar refractivity (Wildman–Crippen MR) is 110 cm³/mol. The molecule has 164 valence electrons. The van der Waals surface area contributed by atoms with Gasteiger partial charge >= 0.3 is 0 Å². The van der Waals surface area contributed by atoms with Gasteiger partial charge in [0.1, 0.15) is 5.75 Å². The van der Waals surface area contributed by atoms with Crippen molar-refractivity contribution in [3.8, 4) is 28.7 Å². The lowest BCUT2D eigenvalue weighted by Gasteiger charge is -2.34. The molecule has 0 unspecified atom stereocenters. The number of anilines is 1. The average molecular weight is 429 g/mol. The molecule has 0 radical (unpaired) electrons. The van der Waals surface area contributed by atoms with Crippen molar-refractivity contribution >= 4 is 17.5 Å². The summed E-state index contributed by atoms with van der Waals surface area (Å²) < 4.78 is 16.0. The summed E-state index contributed by atoms with van der Waals surface area (Å²) in [5.74, 6) is 0.544. The van der Waals surface area contributed by atoms with Crippen LogP contribution in [-0.2, 0) is 4.79 Å². The first-order valence-corrected chi connectivity index (χ1v) is 9.75. The molecule has 0 saturated carbocycles. The third-order valence-corrected chi connectivity index (χ3v) is 5.22. The van der Waals surface area contributed by atoms with E-state index in [-0.39, 0.29) is 36.7 Å². The van der Waals surface area contributed by atoms with Crippen LogP contribution < -0.4 is 19.5 Å². The summed E-state index contributed by atoms with van der Waals surface area (Å²) >= 11 is 0. The second-order valence-electron chi connectivity index (χ2n) is 7.23. The van der Waals surface area contributed by atoms with E-state index in [1.165, 1.54) is 25.3 Å². The minimum absolute atomic E-state index is 0.128. The van der Waals surface area contributed by atoms with E-state index in [4.69, 9.17) is 14.2 Å². The number of piperazine rings is 1. The molecule has 0 spiro atoms. The highest BCUT2D eigenvalue weighted by atomic mass is 16.7. The number of benzene rings is 2. The standard InChI is InChI=1S/C21H23N3O7/c1-29-17-10-19-18(30-12-31-19)9-14(17)22-20(27)11-23-4-6-24(7-5-23)21(28)13-2-3-15(25)16(26)8-13/h2-3,8-10,25-26H,4-7,11-12H2,1H3,(H,22,27). The van der Waals surface area contributed by atoms with Crippen LogP contribution in [0.15, 0.2) is 30.3 Å². The topological polar surface area (TPSA) is 121 Å². The summed E-state index contributed by atoms with van der Waals surface area (Å²) in [6, 6.07) is 7.34. The molecule has 1 fully saturated rings. The van der Waals surface area contributed by atoms with E-state index in [9.17, 15) is 19.8 Å². The van der Waals surface area contributed by atoms with Gasteiger partial charge in [0, 0.05) is 43.9 Å². The molecular weight excluding hydrogens is 406 g/mol. The Labute approximate surface area is 178 Å². The van der Waals surface area contributed by atoms with Gasteiger partial charge in [-0.25, -0.2) is 0 Å². The van der Waals surface area contributed by atoms with E-state index >= 15 is 0 Å². The van der Waals surface area contributed by atoms with E-state index in [1.807, 2.05) is 4.90 Å². The number of hydrogen-bond acceptors (Lipinski definition) is 8. The lowest BCUT2D eigenvalue weighted by molar-refractivity contribution is -0.117. The van der Waals surface area contributed by atoms with E-state index < -0.39 is 0 Å². The molecule has 2 amide bonds. The van der Waals surface area contributed by atoms with Crippen molar-refractivity contribution < 1.29 is 34.0 Å². The van der Waals surface area contributed by atoms with Crippen molar-refractivity contribution in [2.75, 3.05) is 51.9 Å². The lowest BCUT2D eigenvalue weighted by atomic mass is 10.1. The number of rotatable bonds is 5. The molecule has 31 heavy (non-hydrogen) atoms. The molecule has 0 aromatic heterocycles. The average Bonchev–Trinajstić information content (AvgIpc) is 3.22. The number of methoxy groups -OCH3 is 1. The summed E-state index contributed by atoms with van der Waals surface area (Å²) in [5, 5.41) is 21.8. The largest absolute Gasteiger partial charge is 0.504 e. The first-order chi connectivity index (χ1) is 14.9. The number of amides is 2. The second-order valence-corrected chi connectivity index (χ2v) is 7.23. The van der Waals surface area contributed by atoms with Gasteiger partial charge in [0.05, 0.1) is 19.3 Å². The van der Waals surface area contributed by atoms with Gasteiger partial charge in [0.15, 0.2) is 23.0 Å². The van der Waals surface area contributed by atoms with E-state index in [2.05, 4.69) is 5.32 Å². The van der Waals surface area contributed by atoms with Gasteiger partial charge in [-0.15, -0.1) is 0 Å². The van der Waals surface area contributed by atoms with Gasteiger partial charge in [0.25, 0.3) is 5.91 Å². The fraction of sp³-hybridized carbons (Fsp3) is 0.333. The summed E-state index contributed by atoms with van der Waals surface area (Å²) in [7, 11) is 1.51. The highest BCUT2D eigenvalue weighted by Crippen LogP contribution is 2.40. The van der Waals surface area contributed by atoms with Crippen LogP contribution in [0, 0.1) is 0 Å². The summed E-state index contributed by atoms with van der Waals surface area (Å²) in [4.78, 5) is 28.7. The fourth-order valence-corrected chi connectivity index (χ4v) is 3.53. The zero-order valence-electron chi connectivity index (χ0n) is 17.0. The smallest absolute Gasteiger partial charge is 0.254 e. The number of phenolic OH excluding ortho intramolecular Hbond substituents is 2. The van der Waals surface area contributed by atoms with E-state index in [0.717, 1.165) is 0 Å². The fourth-order valence-electron chi connectivity index (χ4n) is 3.53. The van der Waals surface area contributed by atoms with Crippen molar-refractivity contribution in [1.82, 2.24) is 9.80 Å². The number of carbonyl (C=O) groups excluding carboxylic acids is 2. The molecule has 10 heteroatoms.